The van der Waals surface area contributed by atoms with Gasteiger partial charge in [-0.05, 0) is 13.1 Å². The maximum atomic E-state index is 11.2. The van der Waals surface area contributed by atoms with Gasteiger partial charge in [-0.25, -0.2) is 4.79 Å². The monoisotopic (exact) mass is 158 g/mol. The van der Waals surface area contributed by atoms with E-state index in [1.807, 2.05) is 18.7 Å². The lowest BCUT2D eigenvalue weighted by atomic mass is 10.8. The van der Waals surface area contributed by atoms with Gasteiger partial charge in [0, 0.05) is 20.3 Å². The number of rotatable bonds is 0. The van der Waals surface area contributed by atoms with Gasteiger partial charge in [0.1, 0.15) is 0 Å². The standard InChI is InChI=1S/C6H14N2OSi/c1-7-5-10(3,4)8(2)6(7)9/h5H2,1-4H3. The average Bonchev–Trinajstić information content (AvgIpc) is 1.95. The minimum atomic E-state index is -1.36. The summed E-state index contributed by atoms with van der Waals surface area (Å²) < 4.78 is 1.91. The molecule has 0 atom stereocenters. The van der Waals surface area contributed by atoms with E-state index in [0.29, 0.717) is 0 Å². The molecule has 1 fully saturated rings. The number of carbonyl (C=O) groups is 1. The van der Waals surface area contributed by atoms with Crippen LogP contribution < -0.4 is 0 Å². The molecule has 1 aliphatic rings. The zero-order valence-electron chi connectivity index (χ0n) is 7.01. The van der Waals surface area contributed by atoms with Gasteiger partial charge in [-0.1, -0.05) is 0 Å². The lowest BCUT2D eigenvalue weighted by molar-refractivity contribution is 0.209. The maximum absolute atomic E-state index is 11.2. The minimum absolute atomic E-state index is 0.177. The van der Waals surface area contributed by atoms with Crippen LogP contribution in [-0.2, 0) is 0 Å². The summed E-state index contributed by atoms with van der Waals surface area (Å²) >= 11 is 0. The number of amides is 2. The molecule has 10 heavy (non-hydrogen) atoms. The van der Waals surface area contributed by atoms with Crippen molar-refractivity contribution >= 4 is 14.3 Å². The van der Waals surface area contributed by atoms with Crippen LogP contribution in [0.25, 0.3) is 0 Å². The molecule has 0 aromatic carbocycles. The third-order valence-electron chi connectivity index (χ3n) is 2.15. The molecule has 1 saturated heterocycles. The van der Waals surface area contributed by atoms with Crippen molar-refractivity contribution in [2.45, 2.75) is 13.1 Å². The van der Waals surface area contributed by atoms with Gasteiger partial charge < -0.3 is 9.47 Å². The van der Waals surface area contributed by atoms with Crippen molar-refractivity contribution < 1.29 is 4.79 Å². The highest BCUT2D eigenvalue weighted by atomic mass is 28.3. The fraction of sp³-hybridized carbons (Fsp3) is 0.833. The van der Waals surface area contributed by atoms with Crippen molar-refractivity contribution in [3.8, 4) is 0 Å². The normalized spacial score (nSPS) is 24.2. The number of hydrogen-bond donors (Lipinski definition) is 0. The Kier molecular flexibility index (Phi) is 1.51. The van der Waals surface area contributed by atoms with E-state index >= 15 is 0 Å². The van der Waals surface area contributed by atoms with Crippen LogP contribution in [0.15, 0.2) is 0 Å². The Morgan fingerprint density at radius 2 is 1.90 bits per heavy atom. The van der Waals surface area contributed by atoms with Crippen molar-refractivity contribution in [1.82, 2.24) is 9.47 Å². The SMILES string of the molecule is CN1C[Si](C)(C)N(C)C1=O. The molecular weight excluding hydrogens is 144 g/mol. The molecule has 2 amide bonds. The summed E-state index contributed by atoms with van der Waals surface area (Å²) in [5.41, 5.74) is 0. The first-order valence-corrected chi connectivity index (χ1v) is 6.59. The fourth-order valence-electron chi connectivity index (χ4n) is 1.27. The molecule has 0 saturated carbocycles. The van der Waals surface area contributed by atoms with Crippen LogP contribution >= 0.6 is 0 Å². The molecule has 0 bridgehead atoms. The highest BCUT2D eigenvalue weighted by Crippen LogP contribution is 2.18. The molecule has 0 N–H and O–H groups in total. The highest BCUT2D eigenvalue weighted by Gasteiger charge is 2.40. The van der Waals surface area contributed by atoms with Crippen LogP contribution in [0.5, 0.6) is 0 Å². The summed E-state index contributed by atoms with van der Waals surface area (Å²) in [5, 5.41) is 0. The zero-order valence-corrected chi connectivity index (χ0v) is 8.01. The topological polar surface area (TPSA) is 23.6 Å². The molecule has 0 spiro atoms. The highest BCUT2D eigenvalue weighted by molar-refractivity contribution is 6.78. The second kappa shape index (κ2) is 1.98. The van der Waals surface area contributed by atoms with Gasteiger partial charge in [0.15, 0.2) is 8.24 Å². The first-order chi connectivity index (χ1) is 4.45. The summed E-state index contributed by atoms with van der Waals surface area (Å²) in [6.45, 7) is 4.41. The van der Waals surface area contributed by atoms with Crippen molar-refractivity contribution in [1.29, 1.82) is 0 Å². The van der Waals surface area contributed by atoms with Crippen molar-refractivity contribution in [3.05, 3.63) is 0 Å². The smallest absolute Gasteiger partial charge is 0.311 e. The Labute approximate surface area is 62.7 Å². The van der Waals surface area contributed by atoms with E-state index in [2.05, 4.69) is 13.1 Å². The van der Waals surface area contributed by atoms with Crippen LogP contribution in [0.3, 0.4) is 0 Å². The summed E-state index contributed by atoms with van der Waals surface area (Å²) in [5.74, 6) is 0. The van der Waals surface area contributed by atoms with Gasteiger partial charge in [-0.3, -0.25) is 0 Å². The largest absolute Gasteiger partial charge is 0.353 e. The predicted molar refractivity (Wildman–Crippen MR) is 43.3 cm³/mol. The first-order valence-electron chi connectivity index (χ1n) is 3.44. The summed E-state index contributed by atoms with van der Waals surface area (Å²) in [6.07, 6.45) is 0.961. The van der Waals surface area contributed by atoms with Crippen molar-refractivity contribution in [3.63, 3.8) is 0 Å². The molecule has 0 aromatic rings. The van der Waals surface area contributed by atoms with Crippen LogP contribution in [0.1, 0.15) is 0 Å². The summed E-state index contributed by atoms with van der Waals surface area (Å²) in [4.78, 5) is 13.0. The summed E-state index contributed by atoms with van der Waals surface area (Å²) in [6, 6.07) is 0.177. The molecule has 58 valence electrons. The Bertz CT molecular complexity index is 169. The van der Waals surface area contributed by atoms with Gasteiger partial charge in [0.2, 0.25) is 0 Å². The molecule has 0 radical (unpaired) electrons. The quantitative estimate of drug-likeness (QED) is 0.477. The Morgan fingerprint density at radius 3 is 2.00 bits per heavy atom. The van der Waals surface area contributed by atoms with E-state index in [9.17, 15) is 4.79 Å². The molecule has 4 heteroatoms. The number of urea groups is 1. The lowest BCUT2D eigenvalue weighted by Crippen LogP contribution is -2.44. The minimum Gasteiger partial charge on any atom is -0.353 e. The average molecular weight is 158 g/mol. The van der Waals surface area contributed by atoms with E-state index in [1.54, 1.807) is 4.90 Å². The van der Waals surface area contributed by atoms with Gasteiger partial charge in [0.05, 0.1) is 0 Å². The molecule has 0 aliphatic carbocycles. The zero-order chi connectivity index (χ0) is 7.94. The number of hydrogen-bond acceptors (Lipinski definition) is 1. The second-order valence-corrected chi connectivity index (χ2v) is 8.12. The van der Waals surface area contributed by atoms with Gasteiger partial charge in [-0.2, -0.15) is 0 Å². The number of nitrogens with zero attached hydrogens (tertiary/aromatic N) is 2. The molecule has 1 heterocycles. The van der Waals surface area contributed by atoms with E-state index in [1.165, 1.54) is 0 Å². The molecule has 1 rings (SSSR count). The predicted octanol–water partition coefficient (Wildman–Crippen LogP) is 0.728. The van der Waals surface area contributed by atoms with Crippen molar-refractivity contribution in [2.75, 3.05) is 20.3 Å². The van der Waals surface area contributed by atoms with Crippen LogP contribution in [0.2, 0.25) is 13.1 Å². The Balaban J connectivity index is 2.81. The third kappa shape index (κ3) is 0.922. The van der Waals surface area contributed by atoms with Crippen LogP contribution in [0.4, 0.5) is 4.79 Å². The maximum Gasteiger partial charge on any atom is 0.311 e. The van der Waals surface area contributed by atoms with Crippen LogP contribution in [0, 0.1) is 0 Å². The lowest BCUT2D eigenvalue weighted by Gasteiger charge is -2.22. The van der Waals surface area contributed by atoms with Crippen molar-refractivity contribution in [2.24, 2.45) is 0 Å². The molecule has 3 nitrogen and oxygen atoms in total. The van der Waals surface area contributed by atoms with Gasteiger partial charge >= 0.3 is 6.03 Å². The second-order valence-electron chi connectivity index (χ2n) is 3.51. The third-order valence-corrected chi connectivity index (χ3v) is 5.40. The molecule has 1 aliphatic heterocycles. The number of carbonyl (C=O) groups excluding carboxylic acids is 1. The van der Waals surface area contributed by atoms with Crippen LogP contribution in [-0.4, -0.2) is 44.0 Å². The van der Waals surface area contributed by atoms with Gasteiger partial charge in [0.25, 0.3) is 0 Å². The molecular formula is C6H14N2OSi. The fourth-order valence-corrected chi connectivity index (χ4v) is 3.47. The Hall–Kier alpha value is -0.513. The first kappa shape index (κ1) is 7.59. The van der Waals surface area contributed by atoms with E-state index in [0.717, 1.165) is 6.17 Å². The van der Waals surface area contributed by atoms with E-state index in [4.69, 9.17) is 0 Å². The molecule has 0 unspecified atom stereocenters. The van der Waals surface area contributed by atoms with Gasteiger partial charge in [-0.15, -0.1) is 0 Å². The Morgan fingerprint density at radius 1 is 1.40 bits per heavy atom. The van der Waals surface area contributed by atoms with E-state index in [-0.39, 0.29) is 6.03 Å². The van der Waals surface area contributed by atoms with E-state index < -0.39 is 8.24 Å². The molecule has 0 aromatic heterocycles. The summed E-state index contributed by atoms with van der Waals surface area (Å²) in [7, 11) is 2.40.